The standard InChI is InChI=1S/C9H13N3S.ClH/c10-4-9-11-5-7(6-12-9)8-2-1-3-13-8;/h5-6,8H,1-4,10H2;1H. The van der Waals surface area contributed by atoms with Gasteiger partial charge in [-0.15, -0.1) is 12.4 Å². The number of hydrogen-bond donors (Lipinski definition) is 1. The molecule has 0 bridgehead atoms. The van der Waals surface area contributed by atoms with Crippen molar-refractivity contribution in [3.05, 3.63) is 23.8 Å². The highest BCUT2D eigenvalue weighted by Gasteiger charge is 2.17. The first-order chi connectivity index (χ1) is 6.40. The molecule has 1 aliphatic heterocycles. The molecular weight excluding hydrogens is 218 g/mol. The Bertz CT molecular complexity index is 272. The summed E-state index contributed by atoms with van der Waals surface area (Å²) in [5, 5.41) is 0.617. The minimum atomic E-state index is 0. The lowest BCUT2D eigenvalue weighted by Crippen LogP contribution is -2.03. The summed E-state index contributed by atoms with van der Waals surface area (Å²) in [4.78, 5) is 8.38. The fraction of sp³-hybridized carbons (Fsp3) is 0.556. The van der Waals surface area contributed by atoms with E-state index >= 15 is 0 Å². The Labute approximate surface area is 94.3 Å². The Morgan fingerprint density at radius 1 is 1.43 bits per heavy atom. The van der Waals surface area contributed by atoms with E-state index in [2.05, 4.69) is 9.97 Å². The van der Waals surface area contributed by atoms with Crippen molar-refractivity contribution in [2.75, 3.05) is 5.75 Å². The van der Waals surface area contributed by atoms with Gasteiger partial charge in [0.1, 0.15) is 5.82 Å². The van der Waals surface area contributed by atoms with Gasteiger partial charge in [-0.05, 0) is 18.6 Å². The quantitative estimate of drug-likeness (QED) is 0.845. The number of nitrogens with two attached hydrogens (primary N) is 1. The summed E-state index contributed by atoms with van der Waals surface area (Å²) in [5.74, 6) is 2.00. The molecule has 1 unspecified atom stereocenters. The molecule has 1 fully saturated rings. The van der Waals surface area contributed by atoms with E-state index < -0.39 is 0 Å². The zero-order valence-corrected chi connectivity index (χ0v) is 9.48. The van der Waals surface area contributed by atoms with Crippen LogP contribution in [-0.2, 0) is 6.54 Å². The number of halogens is 1. The van der Waals surface area contributed by atoms with Gasteiger partial charge in [0.15, 0.2) is 0 Å². The molecule has 1 aromatic rings. The summed E-state index contributed by atoms with van der Waals surface area (Å²) in [5.41, 5.74) is 6.67. The smallest absolute Gasteiger partial charge is 0.141 e. The van der Waals surface area contributed by atoms with Gasteiger partial charge in [0.05, 0.1) is 6.54 Å². The number of rotatable bonds is 2. The second-order valence-corrected chi connectivity index (χ2v) is 4.45. The van der Waals surface area contributed by atoms with E-state index in [0.717, 1.165) is 5.82 Å². The van der Waals surface area contributed by atoms with Gasteiger partial charge in [0.25, 0.3) is 0 Å². The van der Waals surface area contributed by atoms with Crippen molar-refractivity contribution in [3.8, 4) is 0 Å². The normalized spacial score (nSPS) is 20.5. The van der Waals surface area contributed by atoms with Gasteiger partial charge in [0, 0.05) is 23.2 Å². The highest BCUT2D eigenvalue weighted by Crippen LogP contribution is 2.39. The van der Waals surface area contributed by atoms with E-state index in [1.165, 1.54) is 24.2 Å². The summed E-state index contributed by atoms with van der Waals surface area (Å²) in [6.07, 6.45) is 6.40. The van der Waals surface area contributed by atoms with Gasteiger partial charge in [-0.3, -0.25) is 0 Å². The van der Waals surface area contributed by atoms with Gasteiger partial charge < -0.3 is 5.73 Å². The van der Waals surface area contributed by atoms with Crippen LogP contribution in [0.3, 0.4) is 0 Å². The van der Waals surface area contributed by atoms with Crippen LogP contribution in [0.1, 0.15) is 29.5 Å². The Morgan fingerprint density at radius 2 is 2.14 bits per heavy atom. The van der Waals surface area contributed by atoms with E-state index in [1.807, 2.05) is 24.2 Å². The Kier molecular flexibility index (Phi) is 4.65. The molecule has 0 saturated carbocycles. The summed E-state index contributed by atoms with van der Waals surface area (Å²) in [6, 6.07) is 0. The van der Waals surface area contributed by atoms with E-state index in [4.69, 9.17) is 5.73 Å². The van der Waals surface area contributed by atoms with E-state index in [1.54, 1.807) is 0 Å². The van der Waals surface area contributed by atoms with Crippen molar-refractivity contribution < 1.29 is 0 Å². The minimum Gasteiger partial charge on any atom is -0.324 e. The maximum Gasteiger partial charge on any atom is 0.141 e. The van der Waals surface area contributed by atoms with Crippen molar-refractivity contribution >= 4 is 24.2 Å². The van der Waals surface area contributed by atoms with Gasteiger partial charge in [0.2, 0.25) is 0 Å². The van der Waals surface area contributed by atoms with Gasteiger partial charge in [-0.25, -0.2) is 9.97 Å². The zero-order chi connectivity index (χ0) is 9.10. The molecule has 1 aromatic heterocycles. The maximum atomic E-state index is 5.42. The van der Waals surface area contributed by atoms with E-state index in [0.29, 0.717) is 11.8 Å². The number of aromatic nitrogens is 2. The first-order valence-electron chi connectivity index (χ1n) is 4.52. The molecule has 1 atom stereocenters. The Balaban J connectivity index is 0.000000980. The van der Waals surface area contributed by atoms with Crippen LogP contribution in [-0.4, -0.2) is 15.7 Å². The van der Waals surface area contributed by atoms with Crippen molar-refractivity contribution in [2.24, 2.45) is 5.73 Å². The summed E-state index contributed by atoms with van der Waals surface area (Å²) >= 11 is 2.00. The monoisotopic (exact) mass is 231 g/mol. The van der Waals surface area contributed by atoms with E-state index in [9.17, 15) is 0 Å². The molecule has 2 heterocycles. The lowest BCUT2D eigenvalue weighted by atomic mass is 10.1. The summed E-state index contributed by atoms with van der Waals surface area (Å²) in [6.45, 7) is 0.429. The molecule has 78 valence electrons. The van der Waals surface area contributed by atoms with E-state index in [-0.39, 0.29) is 12.4 Å². The van der Waals surface area contributed by atoms with Crippen LogP contribution < -0.4 is 5.73 Å². The molecule has 0 spiro atoms. The maximum absolute atomic E-state index is 5.42. The molecule has 1 saturated heterocycles. The highest BCUT2D eigenvalue weighted by atomic mass is 35.5. The van der Waals surface area contributed by atoms with Crippen LogP contribution in [0.2, 0.25) is 0 Å². The van der Waals surface area contributed by atoms with Gasteiger partial charge >= 0.3 is 0 Å². The minimum absolute atomic E-state index is 0. The molecule has 5 heteroatoms. The molecule has 3 nitrogen and oxygen atoms in total. The predicted molar refractivity (Wildman–Crippen MR) is 61.6 cm³/mol. The lowest BCUT2D eigenvalue weighted by Gasteiger charge is -2.07. The molecule has 0 radical (unpaired) electrons. The highest BCUT2D eigenvalue weighted by molar-refractivity contribution is 7.99. The number of thioether (sulfide) groups is 1. The SMILES string of the molecule is Cl.NCc1ncc(C2CCCS2)cn1. The fourth-order valence-electron chi connectivity index (χ4n) is 1.48. The first kappa shape index (κ1) is 11.8. The van der Waals surface area contributed by atoms with Crippen LogP contribution in [0.15, 0.2) is 12.4 Å². The van der Waals surface area contributed by atoms with Crippen LogP contribution >= 0.6 is 24.2 Å². The third kappa shape index (κ3) is 2.59. The molecule has 1 aliphatic rings. The lowest BCUT2D eigenvalue weighted by molar-refractivity contribution is 0.807. The van der Waals surface area contributed by atoms with Crippen molar-refractivity contribution in [1.29, 1.82) is 0 Å². The van der Waals surface area contributed by atoms with Crippen molar-refractivity contribution in [3.63, 3.8) is 0 Å². The van der Waals surface area contributed by atoms with Crippen LogP contribution in [0, 0.1) is 0 Å². The largest absolute Gasteiger partial charge is 0.324 e. The molecule has 2 rings (SSSR count). The molecular formula is C9H14ClN3S. The van der Waals surface area contributed by atoms with Crippen LogP contribution in [0.4, 0.5) is 0 Å². The topological polar surface area (TPSA) is 51.8 Å². The fourth-order valence-corrected chi connectivity index (χ4v) is 2.74. The number of hydrogen-bond acceptors (Lipinski definition) is 4. The Morgan fingerprint density at radius 3 is 2.64 bits per heavy atom. The third-order valence-electron chi connectivity index (χ3n) is 2.21. The molecule has 2 N–H and O–H groups in total. The molecule has 0 amide bonds. The van der Waals surface area contributed by atoms with Crippen LogP contribution in [0.5, 0.6) is 0 Å². The molecule has 0 aliphatic carbocycles. The van der Waals surface area contributed by atoms with Crippen molar-refractivity contribution in [2.45, 2.75) is 24.6 Å². The molecule has 0 aromatic carbocycles. The predicted octanol–water partition coefficient (Wildman–Crippen LogP) is 1.93. The summed E-state index contributed by atoms with van der Waals surface area (Å²) in [7, 11) is 0. The second kappa shape index (κ2) is 5.53. The third-order valence-corrected chi connectivity index (χ3v) is 3.64. The first-order valence-corrected chi connectivity index (χ1v) is 5.57. The average Bonchev–Trinajstić information content (AvgIpc) is 2.71. The zero-order valence-electron chi connectivity index (χ0n) is 7.85. The van der Waals surface area contributed by atoms with Crippen LogP contribution in [0.25, 0.3) is 0 Å². The Hall–Kier alpha value is -0.320. The van der Waals surface area contributed by atoms with Gasteiger partial charge in [-0.2, -0.15) is 11.8 Å². The second-order valence-electron chi connectivity index (χ2n) is 3.14. The molecule has 14 heavy (non-hydrogen) atoms. The van der Waals surface area contributed by atoms with Crippen molar-refractivity contribution in [1.82, 2.24) is 9.97 Å². The number of nitrogens with zero attached hydrogens (tertiary/aromatic N) is 2. The summed E-state index contributed by atoms with van der Waals surface area (Å²) < 4.78 is 0. The average molecular weight is 232 g/mol. The van der Waals surface area contributed by atoms with Gasteiger partial charge in [-0.1, -0.05) is 0 Å².